The lowest BCUT2D eigenvalue weighted by molar-refractivity contribution is 0.186. The number of anilines is 1. The Morgan fingerprint density at radius 2 is 1.91 bits per heavy atom. The fourth-order valence-corrected chi connectivity index (χ4v) is 6.30. The molecule has 0 radical (unpaired) electrons. The van der Waals surface area contributed by atoms with Crippen molar-refractivity contribution in [2.75, 3.05) is 17.5 Å². The lowest BCUT2D eigenvalue weighted by atomic mass is 10.0. The minimum Gasteiger partial charge on any atom is -0.379 e. The van der Waals surface area contributed by atoms with Crippen LogP contribution in [0.3, 0.4) is 0 Å². The van der Waals surface area contributed by atoms with Crippen molar-refractivity contribution in [1.82, 2.24) is 14.8 Å². The highest BCUT2D eigenvalue weighted by atomic mass is 35.5. The predicted octanol–water partition coefficient (Wildman–Crippen LogP) is 5.26. The van der Waals surface area contributed by atoms with Crippen LogP contribution in [0.15, 0.2) is 47.4 Å². The first kappa shape index (κ1) is 24.6. The quantitative estimate of drug-likeness (QED) is 0.456. The lowest BCUT2D eigenvalue weighted by Gasteiger charge is -2.37. The molecule has 182 valence electrons. The molecule has 0 saturated carbocycles. The van der Waals surface area contributed by atoms with Gasteiger partial charge in [-0.25, -0.2) is 12.8 Å². The summed E-state index contributed by atoms with van der Waals surface area (Å²) in [5.74, 6) is 0.454. The summed E-state index contributed by atoms with van der Waals surface area (Å²) >= 11 is 6.21. The molecule has 4 rings (SSSR count). The molecule has 1 fully saturated rings. The predicted molar refractivity (Wildman–Crippen MR) is 130 cm³/mol. The molecule has 2 heterocycles. The molecule has 0 amide bonds. The largest absolute Gasteiger partial charge is 0.379 e. The topological polar surface area (TPSA) is 77.3 Å². The van der Waals surface area contributed by atoms with Gasteiger partial charge in [0, 0.05) is 30.2 Å². The van der Waals surface area contributed by atoms with Crippen molar-refractivity contribution in [3.63, 3.8) is 0 Å². The van der Waals surface area contributed by atoms with Crippen molar-refractivity contribution in [3.05, 3.63) is 59.1 Å². The highest BCUT2D eigenvalue weighted by Crippen LogP contribution is 2.41. The zero-order valence-electron chi connectivity index (χ0n) is 19.6. The van der Waals surface area contributed by atoms with E-state index in [0.29, 0.717) is 31.0 Å². The van der Waals surface area contributed by atoms with Crippen LogP contribution in [0.2, 0.25) is 5.02 Å². The summed E-state index contributed by atoms with van der Waals surface area (Å²) in [6.07, 6.45) is 1.40. The van der Waals surface area contributed by atoms with E-state index in [4.69, 9.17) is 16.3 Å². The van der Waals surface area contributed by atoms with Crippen molar-refractivity contribution in [2.45, 2.75) is 57.0 Å². The highest BCUT2D eigenvalue weighted by molar-refractivity contribution is 7.93. The number of aryl methyl sites for hydroxylation is 1. The van der Waals surface area contributed by atoms with E-state index >= 15 is 0 Å². The molecular formula is C24H28ClFN4O3S. The maximum Gasteiger partial charge on any atom is 0.264 e. The van der Waals surface area contributed by atoms with E-state index in [9.17, 15) is 12.8 Å². The zero-order chi connectivity index (χ0) is 24.7. The van der Waals surface area contributed by atoms with Gasteiger partial charge in [-0.05, 0) is 45.4 Å². The van der Waals surface area contributed by atoms with Crippen LogP contribution >= 0.6 is 11.6 Å². The van der Waals surface area contributed by atoms with Gasteiger partial charge < -0.3 is 9.30 Å². The van der Waals surface area contributed by atoms with Crippen LogP contribution in [-0.4, -0.2) is 41.9 Å². The monoisotopic (exact) mass is 506 g/mol. The Balaban J connectivity index is 2.00. The fourth-order valence-electron chi connectivity index (χ4n) is 4.29. The Labute approximate surface area is 204 Å². The molecule has 1 unspecified atom stereocenters. The van der Waals surface area contributed by atoms with Gasteiger partial charge in [0.25, 0.3) is 10.0 Å². The third-order valence-corrected chi connectivity index (χ3v) is 8.13. The van der Waals surface area contributed by atoms with Crippen LogP contribution < -0.4 is 4.31 Å². The van der Waals surface area contributed by atoms with Crippen molar-refractivity contribution in [2.24, 2.45) is 0 Å². The summed E-state index contributed by atoms with van der Waals surface area (Å²) in [5, 5.41) is 8.63. The molecule has 1 aliphatic heterocycles. The third kappa shape index (κ3) is 4.44. The summed E-state index contributed by atoms with van der Waals surface area (Å²) in [7, 11) is -4.06. The average Bonchev–Trinajstić information content (AvgIpc) is 3.45. The molecule has 34 heavy (non-hydrogen) atoms. The van der Waals surface area contributed by atoms with Crippen LogP contribution in [0, 0.1) is 5.82 Å². The Bertz CT molecular complexity index is 1280. The normalized spacial score (nSPS) is 16.7. The average molecular weight is 507 g/mol. The smallest absolute Gasteiger partial charge is 0.264 e. The summed E-state index contributed by atoms with van der Waals surface area (Å²) in [5.41, 5.74) is -0.396. The highest BCUT2D eigenvalue weighted by Gasteiger charge is 2.38. The Morgan fingerprint density at radius 1 is 1.21 bits per heavy atom. The Morgan fingerprint density at radius 3 is 2.50 bits per heavy atom. The summed E-state index contributed by atoms with van der Waals surface area (Å²) in [4.78, 5) is 0.103. The second kappa shape index (κ2) is 9.28. The standard InChI is InChI=1S/C24H28ClFN4O3S/c1-5-22-27-28-23(29(22)16-11-12-33-15-16)18-13-19(25)20(26)14-21(18)30(24(2,3)4)34(31,32)17-9-7-6-8-10-17/h6-10,13-14,16H,5,11-12,15H2,1-4H3. The van der Waals surface area contributed by atoms with Gasteiger partial charge in [0.2, 0.25) is 0 Å². The summed E-state index contributed by atoms with van der Waals surface area (Å²) in [6, 6.07) is 10.7. The van der Waals surface area contributed by atoms with Crippen molar-refractivity contribution >= 4 is 27.3 Å². The number of rotatable bonds is 6. The second-order valence-corrected chi connectivity index (χ2v) is 11.4. The molecular weight excluding hydrogens is 479 g/mol. The van der Waals surface area contributed by atoms with E-state index in [1.54, 1.807) is 39.0 Å². The molecule has 1 atom stereocenters. The maximum absolute atomic E-state index is 14.9. The minimum absolute atomic E-state index is 0.00885. The van der Waals surface area contributed by atoms with Crippen molar-refractivity contribution in [3.8, 4) is 11.4 Å². The van der Waals surface area contributed by atoms with Gasteiger partial charge in [0.15, 0.2) is 5.82 Å². The molecule has 0 bridgehead atoms. The van der Waals surface area contributed by atoms with E-state index in [-0.39, 0.29) is 21.6 Å². The van der Waals surface area contributed by atoms with Crippen molar-refractivity contribution in [1.29, 1.82) is 0 Å². The van der Waals surface area contributed by atoms with Gasteiger partial charge in [-0.15, -0.1) is 10.2 Å². The number of benzene rings is 2. The van der Waals surface area contributed by atoms with E-state index in [1.165, 1.54) is 28.6 Å². The van der Waals surface area contributed by atoms with Crippen LogP contribution in [0.4, 0.5) is 10.1 Å². The SMILES string of the molecule is CCc1nnc(-c2cc(Cl)c(F)cc2N(C(C)(C)C)S(=O)(=O)c2ccccc2)n1C1CCOC1. The van der Waals surface area contributed by atoms with Gasteiger partial charge in [-0.1, -0.05) is 36.7 Å². The first-order valence-electron chi connectivity index (χ1n) is 11.2. The van der Waals surface area contributed by atoms with Crippen LogP contribution in [-0.2, 0) is 21.2 Å². The number of nitrogens with zero attached hydrogens (tertiary/aromatic N) is 4. The van der Waals surface area contributed by atoms with Crippen LogP contribution in [0.5, 0.6) is 0 Å². The minimum atomic E-state index is -4.06. The van der Waals surface area contributed by atoms with E-state index in [2.05, 4.69) is 10.2 Å². The zero-order valence-corrected chi connectivity index (χ0v) is 21.2. The number of ether oxygens (including phenoxy) is 1. The van der Waals surface area contributed by atoms with E-state index in [1.807, 2.05) is 11.5 Å². The number of hydrogen-bond acceptors (Lipinski definition) is 5. The molecule has 1 aromatic heterocycles. The molecule has 2 aromatic carbocycles. The molecule has 0 aliphatic carbocycles. The third-order valence-electron chi connectivity index (χ3n) is 5.74. The second-order valence-electron chi connectivity index (χ2n) is 9.22. The van der Waals surface area contributed by atoms with Gasteiger partial charge in [0.05, 0.1) is 28.3 Å². The molecule has 3 aromatic rings. The van der Waals surface area contributed by atoms with Gasteiger partial charge in [-0.2, -0.15) is 0 Å². The molecule has 1 aliphatic rings. The first-order valence-corrected chi connectivity index (χ1v) is 13.0. The summed E-state index contributed by atoms with van der Waals surface area (Å²) in [6.45, 7) is 8.36. The Kier molecular flexibility index (Phi) is 6.72. The van der Waals surface area contributed by atoms with Gasteiger partial charge in [0.1, 0.15) is 11.6 Å². The molecule has 10 heteroatoms. The van der Waals surface area contributed by atoms with E-state index in [0.717, 1.165) is 12.2 Å². The summed E-state index contributed by atoms with van der Waals surface area (Å²) < 4.78 is 51.4. The molecule has 7 nitrogen and oxygen atoms in total. The number of hydrogen-bond donors (Lipinski definition) is 0. The molecule has 0 spiro atoms. The number of aromatic nitrogens is 3. The van der Waals surface area contributed by atoms with Crippen molar-refractivity contribution < 1.29 is 17.5 Å². The lowest BCUT2D eigenvalue weighted by Crippen LogP contribution is -2.46. The molecule has 0 N–H and O–H groups in total. The van der Waals surface area contributed by atoms with Gasteiger partial charge in [-0.3, -0.25) is 4.31 Å². The first-order chi connectivity index (χ1) is 16.1. The van der Waals surface area contributed by atoms with Crippen LogP contribution in [0.25, 0.3) is 11.4 Å². The van der Waals surface area contributed by atoms with Gasteiger partial charge >= 0.3 is 0 Å². The molecule has 1 saturated heterocycles. The fraction of sp³-hybridized carbons (Fsp3) is 0.417. The van der Waals surface area contributed by atoms with E-state index < -0.39 is 21.4 Å². The van der Waals surface area contributed by atoms with Crippen LogP contribution in [0.1, 0.15) is 46.0 Å². The number of sulfonamides is 1. The number of halogens is 2. The Hall–Kier alpha value is -2.49. The maximum atomic E-state index is 14.9.